The zero-order valence-electron chi connectivity index (χ0n) is 11.1. The lowest BCUT2D eigenvalue weighted by Gasteiger charge is -2.32. The van der Waals surface area contributed by atoms with Gasteiger partial charge in [0.2, 0.25) is 0 Å². The fourth-order valence-corrected chi connectivity index (χ4v) is 2.63. The van der Waals surface area contributed by atoms with Gasteiger partial charge in [0.25, 0.3) is 5.91 Å². The summed E-state index contributed by atoms with van der Waals surface area (Å²) in [7, 11) is 0. The molecule has 1 aromatic carbocycles. The summed E-state index contributed by atoms with van der Waals surface area (Å²) in [6.45, 7) is 1.36. The summed E-state index contributed by atoms with van der Waals surface area (Å²) in [5, 5.41) is 4.24. The third kappa shape index (κ3) is 2.57. The Labute approximate surface area is 116 Å². The molecule has 0 bridgehead atoms. The number of rotatable bonds is 2. The smallest absolute Gasteiger partial charge is 0.253 e. The summed E-state index contributed by atoms with van der Waals surface area (Å²) in [4.78, 5) is 14.1. The van der Waals surface area contributed by atoms with Gasteiger partial charge < -0.3 is 4.90 Å². The molecule has 4 nitrogen and oxygen atoms in total. The van der Waals surface area contributed by atoms with Gasteiger partial charge in [0, 0.05) is 31.0 Å². The minimum atomic E-state index is -0.373. The van der Waals surface area contributed by atoms with Gasteiger partial charge in [0.15, 0.2) is 0 Å². The number of carbonyl (C=O) groups is 1. The zero-order valence-corrected chi connectivity index (χ0v) is 11.1. The summed E-state index contributed by atoms with van der Waals surface area (Å²) in [5.41, 5.74) is 0.419. The Morgan fingerprint density at radius 2 is 2.05 bits per heavy atom. The largest absolute Gasteiger partial charge is 0.338 e. The van der Waals surface area contributed by atoms with E-state index in [2.05, 4.69) is 5.10 Å². The van der Waals surface area contributed by atoms with Gasteiger partial charge in [0.05, 0.1) is 6.04 Å². The highest BCUT2D eigenvalue weighted by Crippen LogP contribution is 2.22. The molecule has 1 saturated heterocycles. The summed E-state index contributed by atoms with van der Waals surface area (Å²) in [6, 6.07) is 8.12. The van der Waals surface area contributed by atoms with E-state index >= 15 is 0 Å². The molecule has 0 saturated carbocycles. The van der Waals surface area contributed by atoms with Crippen LogP contribution in [-0.2, 0) is 0 Å². The van der Waals surface area contributed by atoms with Gasteiger partial charge >= 0.3 is 0 Å². The number of hydrogen-bond acceptors (Lipinski definition) is 2. The van der Waals surface area contributed by atoms with Crippen LogP contribution in [0.2, 0.25) is 0 Å². The number of aromatic nitrogens is 2. The van der Waals surface area contributed by atoms with E-state index in [4.69, 9.17) is 0 Å². The van der Waals surface area contributed by atoms with Crippen LogP contribution in [-0.4, -0.2) is 33.7 Å². The number of benzene rings is 1. The number of halogens is 1. The minimum Gasteiger partial charge on any atom is -0.338 e. The van der Waals surface area contributed by atoms with Crippen LogP contribution in [0.25, 0.3) is 0 Å². The summed E-state index contributed by atoms with van der Waals surface area (Å²) in [5.74, 6) is -0.467. The number of piperidine rings is 1. The number of carbonyl (C=O) groups excluding carboxylic acids is 1. The van der Waals surface area contributed by atoms with Crippen molar-refractivity contribution in [1.29, 1.82) is 0 Å². The Hall–Kier alpha value is -2.17. The predicted molar refractivity (Wildman–Crippen MR) is 72.8 cm³/mol. The molecule has 20 heavy (non-hydrogen) atoms. The molecule has 3 rings (SSSR count). The highest BCUT2D eigenvalue weighted by atomic mass is 19.1. The lowest BCUT2D eigenvalue weighted by Crippen LogP contribution is -2.39. The van der Waals surface area contributed by atoms with E-state index in [9.17, 15) is 9.18 Å². The molecular formula is C15H16FN3O. The Bertz CT molecular complexity index is 589. The lowest BCUT2D eigenvalue weighted by molar-refractivity contribution is 0.0689. The fraction of sp³-hybridized carbons (Fsp3) is 0.333. The third-order valence-electron chi connectivity index (χ3n) is 3.72. The second kappa shape index (κ2) is 5.45. The summed E-state index contributed by atoms with van der Waals surface area (Å²) in [6.07, 6.45) is 5.48. The lowest BCUT2D eigenvalue weighted by atomic mass is 10.0. The SMILES string of the molecule is O=C(c1cccc(F)c1)N1CCC(n2cccn2)CC1. The first kappa shape index (κ1) is 12.8. The molecule has 1 fully saturated rings. The summed E-state index contributed by atoms with van der Waals surface area (Å²) >= 11 is 0. The third-order valence-corrected chi connectivity index (χ3v) is 3.72. The molecule has 2 heterocycles. The first-order chi connectivity index (χ1) is 9.74. The monoisotopic (exact) mass is 273 g/mol. The molecule has 0 unspecified atom stereocenters. The van der Waals surface area contributed by atoms with Gasteiger partial charge in [-0.2, -0.15) is 5.10 Å². The van der Waals surface area contributed by atoms with E-state index in [1.165, 1.54) is 12.1 Å². The number of amides is 1. The van der Waals surface area contributed by atoms with Crippen LogP contribution < -0.4 is 0 Å². The van der Waals surface area contributed by atoms with Crippen molar-refractivity contribution in [3.63, 3.8) is 0 Å². The molecule has 1 aromatic heterocycles. The average Bonchev–Trinajstić information content (AvgIpc) is 3.01. The molecule has 1 amide bonds. The van der Waals surface area contributed by atoms with E-state index in [0.717, 1.165) is 12.8 Å². The van der Waals surface area contributed by atoms with E-state index in [-0.39, 0.29) is 11.7 Å². The number of likely N-dealkylation sites (tertiary alicyclic amines) is 1. The number of nitrogens with zero attached hydrogens (tertiary/aromatic N) is 3. The Balaban J connectivity index is 1.65. The average molecular weight is 273 g/mol. The van der Waals surface area contributed by atoms with Crippen LogP contribution in [0.5, 0.6) is 0 Å². The van der Waals surface area contributed by atoms with Crippen molar-refractivity contribution in [2.24, 2.45) is 0 Å². The molecule has 2 aromatic rings. The molecule has 0 N–H and O–H groups in total. The molecule has 5 heteroatoms. The Morgan fingerprint density at radius 1 is 1.25 bits per heavy atom. The second-order valence-corrected chi connectivity index (χ2v) is 5.02. The van der Waals surface area contributed by atoms with Gasteiger partial charge in [-0.15, -0.1) is 0 Å². The maximum absolute atomic E-state index is 13.2. The van der Waals surface area contributed by atoms with Crippen LogP contribution >= 0.6 is 0 Å². The fourth-order valence-electron chi connectivity index (χ4n) is 2.63. The minimum absolute atomic E-state index is 0.0941. The Morgan fingerprint density at radius 3 is 2.70 bits per heavy atom. The molecule has 0 spiro atoms. The second-order valence-electron chi connectivity index (χ2n) is 5.02. The first-order valence-corrected chi connectivity index (χ1v) is 6.78. The van der Waals surface area contributed by atoms with Crippen molar-refractivity contribution in [3.8, 4) is 0 Å². The van der Waals surface area contributed by atoms with Gasteiger partial charge in [0.1, 0.15) is 5.82 Å². The topological polar surface area (TPSA) is 38.1 Å². The van der Waals surface area contributed by atoms with Crippen molar-refractivity contribution in [1.82, 2.24) is 14.7 Å². The zero-order chi connectivity index (χ0) is 13.9. The summed E-state index contributed by atoms with van der Waals surface area (Å²) < 4.78 is 15.1. The highest BCUT2D eigenvalue weighted by molar-refractivity contribution is 5.94. The maximum Gasteiger partial charge on any atom is 0.253 e. The van der Waals surface area contributed by atoms with Gasteiger partial charge in [-0.25, -0.2) is 4.39 Å². The molecule has 104 valence electrons. The van der Waals surface area contributed by atoms with Crippen LogP contribution in [0.4, 0.5) is 4.39 Å². The standard InChI is InChI=1S/C15H16FN3O/c16-13-4-1-3-12(11-13)15(20)18-9-5-14(6-10-18)19-8-2-7-17-19/h1-4,7-8,11,14H,5-6,9-10H2. The van der Waals surface area contributed by atoms with E-state index in [0.29, 0.717) is 24.7 Å². The van der Waals surface area contributed by atoms with Crippen LogP contribution in [0.3, 0.4) is 0 Å². The van der Waals surface area contributed by atoms with E-state index in [1.54, 1.807) is 23.2 Å². The van der Waals surface area contributed by atoms with E-state index < -0.39 is 0 Å². The van der Waals surface area contributed by atoms with Crippen molar-refractivity contribution < 1.29 is 9.18 Å². The molecule has 0 aliphatic carbocycles. The molecule has 0 atom stereocenters. The molecule has 0 radical (unpaired) electrons. The van der Waals surface area contributed by atoms with Gasteiger partial charge in [-0.05, 0) is 37.1 Å². The predicted octanol–water partition coefficient (Wildman–Crippen LogP) is 2.50. The van der Waals surface area contributed by atoms with Crippen molar-refractivity contribution >= 4 is 5.91 Å². The molecule has 1 aliphatic rings. The van der Waals surface area contributed by atoms with E-state index in [1.807, 2.05) is 16.9 Å². The number of hydrogen-bond donors (Lipinski definition) is 0. The maximum atomic E-state index is 13.2. The van der Waals surface area contributed by atoms with Crippen molar-refractivity contribution in [3.05, 3.63) is 54.1 Å². The highest BCUT2D eigenvalue weighted by Gasteiger charge is 2.24. The van der Waals surface area contributed by atoms with Gasteiger partial charge in [-0.1, -0.05) is 6.07 Å². The van der Waals surface area contributed by atoms with Crippen LogP contribution in [0, 0.1) is 5.82 Å². The normalized spacial score (nSPS) is 16.4. The molecule has 1 aliphatic heterocycles. The van der Waals surface area contributed by atoms with Crippen molar-refractivity contribution in [2.45, 2.75) is 18.9 Å². The van der Waals surface area contributed by atoms with Crippen molar-refractivity contribution in [2.75, 3.05) is 13.1 Å². The quantitative estimate of drug-likeness (QED) is 0.843. The molecular weight excluding hydrogens is 257 g/mol. The van der Waals surface area contributed by atoms with Gasteiger partial charge in [-0.3, -0.25) is 9.48 Å². The Kier molecular flexibility index (Phi) is 3.50. The van der Waals surface area contributed by atoms with Crippen LogP contribution in [0.1, 0.15) is 29.2 Å². The van der Waals surface area contributed by atoms with Crippen LogP contribution in [0.15, 0.2) is 42.7 Å². The first-order valence-electron chi connectivity index (χ1n) is 6.78.